The van der Waals surface area contributed by atoms with Crippen molar-refractivity contribution in [2.45, 2.75) is 24.9 Å². The van der Waals surface area contributed by atoms with Gasteiger partial charge in [-0.3, -0.25) is 4.90 Å². The van der Waals surface area contributed by atoms with Crippen LogP contribution >= 0.6 is 0 Å². The lowest BCUT2D eigenvalue weighted by atomic mass is 9.99. The maximum atomic E-state index is 9.55. The molecule has 1 saturated heterocycles. The van der Waals surface area contributed by atoms with Crippen molar-refractivity contribution in [3.63, 3.8) is 0 Å². The molecule has 1 heterocycles. The lowest BCUT2D eigenvalue weighted by Gasteiger charge is -2.37. The molecule has 0 radical (unpaired) electrons. The summed E-state index contributed by atoms with van der Waals surface area (Å²) in [5, 5.41) is 19.0. The van der Waals surface area contributed by atoms with Gasteiger partial charge in [0.05, 0.1) is 6.07 Å². The number of nitriles is 1. The molecule has 1 aromatic carbocycles. The predicted octanol–water partition coefficient (Wildman–Crippen LogP) is 1.98. The average molecular weight is 259 g/mol. The molecule has 1 aromatic rings. The SMILES string of the molecule is CN1CCC(N(C)C(C#N)c2cccc(O)c2)CC1. The second kappa shape index (κ2) is 6.05. The van der Waals surface area contributed by atoms with Gasteiger partial charge in [-0.05, 0) is 57.7 Å². The maximum Gasteiger partial charge on any atom is 0.123 e. The molecule has 0 saturated carbocycles. The second-order valence-electron chi connectivity index (χ2n) is 5.33. The van der Waals surface area contributed by atoms with Crippen LogP contribution in [0, 0.1) is 11.3 Å². The van der Waals surface area contributed by atoms with E-state index in [-0.39, 0.29) is 11.8 Å². The summed E-state index contributed by atoms with van der Waals surface area (Å²) in [6, 6.07) is 9.50. The third-order valence-electron chi connectivity index (χ3n) is 3.98. The Morgan fingerprint density at radius 2 is 2.11 bits per heavy atom. The van der Waals surface area contributed by atoms with Crippen LogP contribution in [0.15, 0.2) is 24.3 Å². The van der Waals surface area contributed by atoms with Crippen LogP contribution in [-0.2, 0) is 0 Å². The van der Waals surface area contributed by atoms with Crippen LogP contribution in [0.4, 0.5) is 0 Å². The second-order valence-corrected chi connectivity index (χ2v) is 5.33. The highest BCUT2D eigenvalue weighted by Crippen LogP contribution is 2.27. The first kappa shape index (κ1) is 13.9. The van der Waals surface area contributed by atoms with Crippen molar-refractivity contribution in [2.24, 2.45) is 0 Å². The largest absolute Gasteiger partial charge is 0.508 e. The molecule has 1 aliphatic heterocycles. The highest BCUT2D eigenvalue weighted by Gasteiger charge is 2.26. The Morgan fingerprint density at radius 3 is 2.68 bits per heavy atom. The van der Waals surface area contributed by atoms with Crippen molar-refractivity contribution in [1.29, 1.82) is 5.26 Å². The first-order valence-corrected chi connectivity index (χ1v) is 6.71. The quantitative estimate of drug-likeness (QED) is 0.902. The number of hydrogen-bond acceptors (Lipinski definition) is 4. The van der Waals surface area contributed by atoms with Gasteiger partial charge in [-0.2, -0.15) is 5.26 Å². The van der Waals surface area contributed by atoms with Gasteiger partial charge in [-0.1, -0.05) is 12.1 Å². The van der Waals surface area contributed by atoms with E-state index in [1.54, 1.807) is 18.2 Å². The number of benzene rings is 1. The minimum Gasteiger partial charge on any atom is -0.508 e. The summed E-state index contributed by atoms with van der Waals surface area (Å²) in [4.78, 5) is 4.46. The van der Waals surface area contributed by atoms with E-state index in [0.717, 1.165) is 31.5 Å². The summed E-state index contributed by atoms with van der Waals surface area (Å²) in [5.41, 5.74) is 0.865. The summed E-state index contributed by atoms with van der Waals surface area (Å²) < 4.78 is 0. The molecule has 0 spiro atoms. The lowest BCUT2D eigenvalue weighted by molar-refractivity contribution is 0.126. The molecule has 0 aromatic heterocycles. The average Bonchev–Trinajstić information content (AvgIpc) is 2.40. The molecule has 1 N–H and O–H groups in total. The molecule has 1 unspecified atom stereocenters. The molecule has 4 heteroatoms. The van der Waals surface area contributed by atoms with E-state index in [0.29, 0.717) is 6.04 Å². The number of nitrogens with zero attached hydrogens (tertiary/aromatic N) is 3. The monoisotopic (exact) mass is 259 g/mol. The van der Waals surface area contributed by atoms with Crippen LogP contribution < -0.4 is 0 Å². The molecule has 1 aliphatic rings. The fourth-order valence-corrected chi connectivity index (χ4v) is 2.71. The number of phenols is 1. The van der Waals surface area contributed by atoms with E-state index in [1.807, 2.05) is 13.1 Å². The number of piperidine rings is 1. The summed E-state index contributed by atoms with van der Waals surface area (Å²) in [6.45, 7) is 2.15. The molecule has 0 amide bonds. The Bertz CT molecular complexity index is 461. The van der Waals surface area contributed by atoms with Crippen molar-refractivity contribution < 1.29 is 5.11 Å². The van der Waals surface area contributed by atoms with Gasteiger partial charge in [-0.15, -0.1) is 0 Å². The molecule has 0 aliphatic carbocycles. The zero-order valence-electron chi connectivity index (χ0n) is 11.6. The smallest absolute Gasteiger partial charge is 0.123 e. The van der Waals surface area contributed by atoms with Gasteiger partial charge < -0.3 is 10.0 Å². The molecular formula is C15H21N3O. The first-order chi connectivity index (χ1) is 9.11. The fraction of sp³-hybridized carbons (Fsp3) is 0.533. The van der Waals surface area contributed by atoms with Gasteiger partial charge in [-0.25, -0.2) is 0 Å². The van der Waals surface area contributed by atoms with E-state index < -0.39 is 0 Å². The highest BCUT2D eigenvalue weighted by molar-refractivity contribution is 5.32. The minimum absolute atomic E-state index is 0.217. The van der Waals surface area contributed by atoms with Gasteiger partial charge in [0.15, 0.2) is 0 Å². The minimum atomic E-state index is -0.291. The Morgan fingerprint density at radius 1 is 1.42 bits per heavy atom. The van der Waals surface area contributed by atoms with Crippen LogP contribution in [0.1, 0.15) is 24.4 Å². The number of likely N-dealkylation sites (tertiary alicyclic amines) is 1. The van der Waals surface area contributed by atoms with Crippen molar-refractivity contribution in [3.05, 3.63) is 29.8 Å². The summed E-state index contributed by atoms with van der Waals surface area (Å²) in [5.74, 6) is 0.217. The van der Waals surface area contributed by atoms with Crippen LogP contribution in [0.5, 0.6) is 5.75 Å². The Labute approximate surface area is 114 Å². The topological polar surface area (TPSA) is 50.5 Å². The summed E-state index contributed by atoms with van der Waals surface area (Å²) in [6.07, 6.45) is 2.17. The zero-order valence-corrected chi connectivity index (χ0v) is 11.6. The first-order valence-electron chi connectivity index (χ1n) is 6.71. The van der Waals surface area contributed by atoms with Gasteiger partial charge in [0.1, 0.15) is 11.8 Å². The van der Waals surface area contributed by atoms with Gasteiger partial charge in [0.2, 0.25) is 0 Å². The Kier molecular flexibility index (Phi) is 4.41. The third kappa shape index (κ3) is 3.25. The van der Waals surface area contributed by atoms with Crippen molar-refractivity contribution in [1.82, 2.24) is 9.80 Å². The van der Waals surface area contributed by atoms with Gasteiger partial charge in [0.25, 0.3) is 0 Å². The lowest BCUT2D eigenvalue weighted by Crippen LogP contribution is -2.43. The Hall–Kier alpha value is -1.57. The molecule has 4 nitrogen and oxygen atoms in total. The molecule has 1 fully saturated rings. The normalized spacial score (nSPS) is 19.3. The van der Waals surface area contributed by atoms with Crippen LogP contribution in [0.25, 0.3) is 0 Å². The van der Waals surface area contributed by atoms with E-state index >= 15 is 0 Å². The van der Waals surface area contributed by atoms with Crippen LogP contribution in [-0.4, -0.2) is 48.1 Å². The van der Waals surface area contributed by atoms with E-state index in [2.05, 4.69) is 22.9 Å². The molecule has 2 rings (SSSR count). The number of hydrogen-bond donors (Lipinski definition) is 1. The predicted molar refractivity (Wildman–Crippen MR) is 74.7 cm³/mol. The molecule has 0 bridgehead atoms. The zero-order chi connectivity index (χ0) is 13.8. The van der Waals surface area contributed by atoms with Crippen LogP contribution in [0.3, 0.4) is 0 Å². The van der Waals surface area contributed by atoms with Gasteiger partial charge >= 0.3 is 0 Å². The van der Waals surface area contributed by atoms with E-state index in [4.69, 9.17) is 0 Å². The molecule has 1 atom stereocenters. The Balaban J connectivity index is 2.11. The maximum absolute atomic E-state index is 9.55. The summed E-state index contributed by atoms with van der Waals surface area (Å²) >= 11 is 0. The summed E-state index contributed by atoms with van der Waals surface area (Å²) in [7, 11) is 4.14. The molecule has 102 valence electrons. The molecular weight excluding hydrogens is 238 g/mol. The number of phenolic OH excluding ortho intramolecular Hbond substituents is 1. The third-order valence-corrected chi connectivity index (χ3v) is 3.98. The van der Waals surface area contributed by atoms with Crippen molar-refractivity contribution in [3.8, 4) is 11.8 Å². The number of rotatable bonds is 3. The van der Waals surface area contributed by atoms with E-state index in [9.17, 15) is 10.4 Å². The highest BCUT2D eigenvalue weighted by atomic mass is 16.3. The molecule has 19 heavy (non-hydrogen) atoms. The fourth-order valence-electron chi connectivity index (χ4n) is 2.71. The van der Waals surface area contributed by atoms with Gasteiger partial charge in [0, 0.05) is 6.04 Å². The van der Waals surface area contributed by atoms with Crippen molar-refractivity contribution >= 4 is 0 Å². The standard InChI is InChI=1S/C15H21N3O/c1-17-8-6-13(7-9-17)18(2)15(11-16)12-4-3-5-14(19)10-12/h3-5,10,13,15,19H,6-9H2,1-2H3. The number of aromatic hydroxyl groups is 1. The van der Waals surface area contributed by atoms with Crippen molar-refractivity contribution in [2.75, 3.05) is 27.2 Å². The van der Waals surface area contributed by atoms with Crippen LogP contribution in [0.2, 0.25) is 0 Å². The van der Waals surface area contributed by atoms with E-state index in [1.165, 1.54) is 0 Å².